The number of aliphatic hydroxyl groups excluding tert-OH is 1. The Bertz CT molecular complexity index is 116. The SMILES string of the molecule is CC(C)(F)C1(CO)CCC1. The number of aliphatic hydroxyl groups is 1. The molecule has 60 valence electrons. The fourth-order valence-electron chi connectivity index (χ4n) is 1.54. The highest BCUT2D eigenvalue weighted by atomic mass is 19.1. The van der Waals surface area contributed by atoms with Gasteiger partial charge in [0.2, 0.25) is 0 Å². The highest BCUT2D eigenvalue weighted by Crippen LogP contribution is 2.50. The first-order valence-electron chi connectivity index (χ1n) is 3.82. The summed E-state index contributed by atoms with van der Waals surface area (Å²) in [6.07, 6.45) is 2.74. The van der Waals surface area contributed by atoms with Gasteiger partial charge in [0.25, 0.3) is 0 Å². The molecule has 10 heavy (non-hydrogen) atoms. The van der Waals surface area contributed by atoms with Gasteiger partial charge in [-0.05, 0) is 26.7 Å². The minimum absolute atomic E-state index is 0.00347. The molecule has 1 aliphatic carbocycles. The lowest BCUT2D eigenvalue weighted by molar-refractivity contribution is -0.0808. The molecule has 1 rings (SSSR count). The van der Waals surface area contributed by atoms with Crippen LogP contribution < -0.4 is 0 Å². The van der Waals surface area contributed by atoms with E-state index in [9.17, 15) is 4.39 Å². The summed E-state index contributed by atoms with van der Waals surface area (Å²) in [4.78, 5) is 0. The van der Waals surface area contributed by atoms with E-state index in [1.165, 1.54) is 0 Å². The van der Waals surface area contributed by atoms with Crippen LogP contribution in [0.2, 0.25) is 0 Å². The Morgan fingerprint density at radius 2 is 2.00 bits per heavy atom. The predicted octanol–water partition coefficient (Wildman–Crippen LogP) is 1.90. The highest BCUT2D eigenvalue weighted by molar-refractivity contribution is 4.98. The zero-order chi connectivity index (χ0) is 7.83. The Labute approximate surface area is 61.2 Å². The largest absolute Gasteiger partial charge is 0.396 e. The van der Waals surface area contributed by atoms with Gasteiger partial charge in [0.1, 0.15) is 5.67 Å². The van der Waals surface area contributed by atoms with Crippen molar-refractivity contribution in [3.63, 3.8) is 0 Å². The highest BCUT2D eigenvalue weighted by Gasteiger charge is 2.49. The molecule has 1 aliphatic rings. The van der Waals surface area contributed by atoms with Crippen molar-refractivity contribution in [3.05, 3.63) is 0 Å². The van der Waals surface area contributed by atoms with Gasteiger partial charge < -0.3 is 5.11 Å². The van der Waals surface area contributed by atoms with Gasteiger partial charge in [-0.25, -0.2) is 4.39 Å². The molecule has 0 amide bonds. The van der Waals surface area contributed by atoms with E-state index >= 15 is 0 Å². The summed E-state index contributed by atoms with van der Waals surface area (Å²) in [6.45, 7) is 3.11. The summed E-state index contributed by atoms with van der Waals surface area (Å²) in [5.41, 5.74) is -1.62. The molecule has 0 heterocycles. The molecular weight excluding hydrogens is 131 g/mol. The minimum atomic E-state index is -1.21. The van der Waals surface area contributed by atoms with Gasteiger partial charge in [0.05, 0.1) is 6.61 Å². The molecule has 2 heteroatoms. The van der Waals surface area contributed by atoms with E-state index in [0.29, 0.717) is 0 Å². The second-order valence-corrected chi connectivity index (χ2v) is 3.76. The lowest BCUT2D eigenvalue weighted by atomic mass is 9.61. The molecule has 0 spiro atoms. The third-order valence-electron chi connectivity index (χ3n) is 2.87. The molecule has 0 aromatic carbocycles. The molecule has 0 aromatic rings. The Kier molecular flexibility index (Phi) is 1.75. The molecule has 1 fully saturated rings. The molecule has 0 bridgehead atoms. The van der Waals surface area contributed by atoms with Gasteiger partial charge in [-0.3, -0.25) is 0 Å². The van der Waals surface area contributed by atoms with Gasteiger partial charge in [-0.15, -0.1) is 0 Å². The van der Waals surface area contributed by atoms with E-state index in [4.69, 9.17) is 5.11 Å². The first kappa shape index (κ1) is 7.99. The lowest BCUT2D eigenvalue weighted by Gasteiger charge is -2.47. The van der Waals surface area contributed by atoms with Crippen molar-refractivity contribution in [3.8, 4) is 0 Å². The lowest BCUT2D eigenvalue weighted by Crippen LogP contribution is -2.48. The molecule has 0 saturated heterocycles. The molecule has 1 nitrogen and oxygen atoms in total. The van der Waals surface area contributed by atoms with Crippen molar-refractivity contribution in [1.82, 2.24) is 0 Å². The van der Waals surface area contributed by atoms with Crippen LogP contribution in [0.5, 0.6) is 0 Å². The first-order valence-corrected chi connectivity index (χ1v) is 3.82. The van der Waals surface area contributed by atoms with Crippen LogP contribution in [0.4, 0.5) is 4.39 Å². The monoisotopic (exact) mass is 146 g/mol. The van der Waals surface area contributed by atoms with Crippen molar-refractivity contribution < 1.29 is 9.50 Å². The van der Waals surface area contributed by atoms with Crippen molar-refractivity contribution in [2.75, 3.05) is 6.61 Å². The molecular formula is C8H15FO. The fraction of sp³-hybridized carbons (Fsp3) is 1.00. The Balaban J connectivity index is 2.65. The molecule has 0 atom stereocenters. The van der Waals surface area contributed by atoms with Crippen molar-refractivity contribution in [2.24, 2.45) is 5.41 Å². The summed E-state index contributed by atoms with van der Waals surface area (Å²) in [6, 6.07) is 0. The molecule has 1 N–H and O–H groups in total. The second kappa shape index (κ2) is 2.19. The Hall–Kier alpha value is -0.110. The maximum absolute atomic E-state index is 13.3. The van der Waals surface area contributed by atoms with E-state index in [1.54, 1.807) is 13.8 Å². The number of alkyl halides is 1. The van der Waals surface area contributed by atoms with Crippen LogP contribution in [0.3, 0.4) is 0 Å². The van der Waals surface area contributed by atoms with Gasteiger partial charge >= 0.3 is 0 Å². The quantitative estimate of drug-likeness (QED) is 0.630. The smallest absolute Gasteiger partial charge is 0.113 e. The van der Waals surface area contributed by atoms with Crippen molar-refractivity contribution in [1.29, 1.82) is 0 Å². The molecule has 0 aromatic heterocycles. The van der Waals surface area contributed by atoms with E-state index in [2.05, 4.69) is 0 Å². The van der Waals surface area contributed by atoms with E-state index in [-0.39, 0.29) is 6.61 Å². The standard InChI is InChI=1S/C8H15FO/c1-7(2,9)8(6-10)4-3-5-8/h10H,3-6H2,1-2H3. The normalized spacial score (nSPS) is 24.0. The maximum atomic E-state index is 13.3. The summed E-state index contributed by atoms with van der Waals surface area (Å²) in [5.74, 6) is 0. The van der Waals surface area contributed by atoms with Crippen molar-refractivity contribution >= 4 is 0 Å². The van der Waals surface area contributed by atoms with Gasteiger partial charge in [-0.1, -0.05) is 6.42 Å². The number of hydrogen-bond acceptors (Lipinski definition) is 1. The van der Waals surface area contributed by atoms with Crippen LogP contribution in [0.15, 0.2) is 0 Å². The van der Waals surface area contributed by atoms with Crippen LogP contribution in [0.1, 0.15) is 33.1 Å². The van der Waals surface area contributed by atoms with Crippen LogP contribution in [-0.4, -0.2) is 17.4 Å². The van der Waals surface area contributed by atoms with Gasteiger partial charge in [-0.2, -0.15) is 0 Å². The summed E-state index contributed by atoms with van der Waals surface area (Å²) in [5, 5.41) is 8.93. The zero-order valence-electron chi connectivity index (χ0n) is 6.65. The Morgan fingerprint density at radius 1 is 1.50 bits per heavy atom. The molecule has 1 saturated carbocycles. The molecule has 0 radical (unpaired) electrons. The van der Waals surface area contributed by atoms with Gasteiger partial charge in [0.15, 0.2) is 0 Å². The van der Waals surface area contributed by atoms with Crippen LogP contribution in [0, 0.1) is 5.41 Å². The minimum Gasteiger partial charge on any atom is -0.396 e. The van der Waals surface area contributed by atoms with E-state index in [1.807, 2.05) is 0 Å². The number of halogens is 1. The van der Waals surface area contributed by atoms with Crippen LogP contribution >= 0.6 is 0 Å². The van der Waals surface area contributed by atoms with Crippen molar-refractivity contribution in [2.45, 2.75) is 38.8 Å². The molecule has 0 aliphatic heterocycles. The third kappa shape index (κ3) is 0.947. The fourth-order valence-corrected chi connectivity index (χ4v) is 1.54. The van der Waals surface area contributed by atoms with Gasteiger partial charge in [0, 0.05) is 5.41 Å². The summed E-state index contributed by atoms with van der Waals surface area (Å²) in [7, 11) is 0. The predicted molar refractivity (Wildman–Crippen MR) is 38.6 cm³/mol. The average molecular weight is 146 g/mol. The van der Waals surface area contributed by atoms with Crippen LogP contribution in [0.25, 0.3) is 0 Å². The number of rotatable bonds is 2. The van der Waals surface area contributed by atoms with E-state index < -0.39 is 11.1 Å². The number of hydrogen-bond donors (Lipinski definition) is 1. The first-order chi connectivity index (χ1) is 4.52. The third-order valence-corrected chi connectivity index (χ3v) is 2.87. The Morgan fingerprint density at radius 3 is 2.00 bits per heavy atom. The van der Waals surface area contributed by atoms with Crippen LogP contribution in [-0.2, 0) is 0 Å². The zero-order valence-corrected chi connectivity index (χ0v) is 6.65. The summed E-state index contributed by atoms with van der Waals surface area (Å²) >= 11 is 0. The molecule has 0 unspecified atom stereocenters. The maximum Gasteiger partial charge on any atom is 0.113 e. The van der Waals surface area contributed by atoms with E-state index in [0.717, 1.165) is 19.3 Å². The topological polar surface area (TPSA) is 20.2 Å². The average Bonchev–Trinajstić information content (AvgIpc) is 1.58. The second-order valence-electron chi connectivity index (χ2n) is 3.76. The summed E-state index contributed by atoms with van der Waals surface area (Å²) < 4.78 is 13.3.